The smallest absolute Gasteiger partial charge is 0.237 e. The summed E-state index contributed by atoms with van der Waals surface area (Å²) in [6, 6.07) is 6.11. The Bertz CT molecular complexity index is 516. The predicted octanol–water partition coefficient (Wildman–Crippen LogP) is 2.15. The highest BCUT2D eigenvalue weighted by molar-refractivity contribution is 6.27. The molecule has 0 N–H and O–H groups in total. The zero-order chi connectivity index (χ0) is 16.1. The van der Waals surface area contributed by atoms with Gasteiger partial charge >= 0.3 is 0 Å². The van der Waals surface area contributed by atoms with Crippen molar-refractivity contribution in [3.05, 3.63) is 23.8 Å². The zero-order valence-corrected chi connectivity index (χ0v) is 14.1. The second-order valence-corrected chi connectivity index (χ2v) is 5.60. The van der Waals surface area contributed by atoms with Crippen molar-refractivity contribution >= 4 is 17.5 Å². The fourth-order valence-electron chi connectivity index (χ4n) is 2.80. The summed E-state index contributed by atoms with van der Waals surface area (Å²) in [5.41, 5.74) is 1.13. The molecule has 1 aliphatic heterocycles. The molecule has 2 rings (SSSR count). The maximum Gasteiger partial charge on any atom is 0.237 e. The molecule has 5 nitrogen and oxygen atoms in total. The monoisotopic (exact) mass is 326 g/mol. The van der Waals surface area contributed by atoms with Gasteiger partial charge in [0.1, 0.15) is 17.4 Å². The van der Waals surface area contributed by atoms with Gasteiger partial charge in [0.2, 0.25) is 5.91 Å². The molecule has 1 saturated heterocycles. The van der Waals surface area contributed by atoms with Crippen LogP contribution >= 0.6 is 11.6 Å². The van der Waals surface area contributed by atoms with E-state index in [1.807, 2.05) is 23.1 Å². The summed E-state index contributed by atoms with van der Waals surface area (Å²) < 4.78 is 10.7. The number of rotatable bonds is 5. The van der Waals surface area contributed by atoms with Crippen LogP contribution in [0, 0.1) is 0 Å². The van der Waals surface area contributed by atoms with E-state index in [0.29, 0.717) is 13.1 Å². The molecular formula is C16H23ClN2O3. The van der Waals surface area contributed by atoms with E-state index in [9.17, 15) is 4.79 Å². The molecule has 0 radical (unpaired) electrons. The van der Waals surface area contributed by atoms with Crippen LogP contribution in [-0.2, 0) is 4.79 Å². The minimum Gasteiger partial charge on any atom is -0.497 e. The first-order chi connectivity index (χ1) is 10.6. The Hall–Kier alpha value is -1.46. The Morgan fingerprint density at radius 2 is 1.91 bits per heavy atom. The average molecular weight is 327 g/mol. The van der Waals surface area contributed by atoms with Crippen LogP contribution in [0.4, 0.5) is 0 Å². The van der Waals surface area contributed by atoms with Crippen molar-refractivity contribution in [1.82, 2.24) is 9.80 Å². The van der Waals surface area contributed by atoms with Crippen LogP contribution in [0.1, 0.15) is 18.5 Å². The van der Waals surface area contributed by atoms with Crippen molar-refractivity contribution in [3.8, 4) is 11.5 Å². The zero-order valence-electron chi connectivity index (χ0n) is 13.3. The molecule has 0 spiro atoms. The predicted molar refractivity (Wildman–Crippen MR) is 86.8 cm³/mol. The van der Waals surface area contributed by atoms with Crippen molar-refractivity contribution < 1.29 is 14.3 Å². The SMILES string of the molecule is COc1ccc(C(C)N2CCN(C(=O)CCl)CC2)c(OC)c1. The van der Waals surface area contributed by atoms with Crippen molar-refractivity contribution in [2.45, 2.75) is 13.0 Å². The van der Waals surface area contributed by atoms with Gasteiger partial charge in [-0.25, -0.2) is 0 Å². The molecule has 1 aromatic rings. The highest BCUT2D eigenvalue weighted by Crippen LogP contribution is 2.32. The molecule has 0 saturated carbocycles. The number of piperazine rings is 1. The van der Waals surface area contributed by atoms with E-state index >= 15 is 0 Å². The molecule has 1 aromatic carbocycles. The van der Waals surface area contributed by atoms with Crippen molar-refractivity contribution in [3.63, 3.8) is 0 Å². The number of nitrogens with zero attached hydrogens (tertiary/aromatic N) is 2. The first-order valence-corrected chi connectivity index (χ1v) is 7.93. The van der Waals surface area contributed by atoms with Gasteiger partial charge in [-0.05, 0) is 13.0 Å². The number of methoxy groups -OCH3 is 2. The molecule has 122 valence electrons. The van der Waals surface area contributed by atoms with E-state index in [1.165, 1.54) is 0 Å². The van der Waals surface area contributed by atoms with Crippen molar-refractivity contribution in [2.75, 3.05) is 46.3 Å². The second-order valence-electron chi connectivity index (χ2n) is 5.33. The van der Waals surface area contributed by atoms with Gasteiger partial charge in [-0.1, -0.05) is 6.07 Å². The molecule has 1 aliphatic rings. The Morgan fingerprint density at radius 3 is 2.45 bits per heavy atom. The quantitative estimate of drug-likeness (QED) is 0.778. The third kappa shape index (κ3) is 3.65. The summed E-state index contributed by atoms with van der Waals surface area (Å²) in [6.45, 7) is 5.25. The van der Waals surface area contributed by atoms with Crippen LogP contribution in [-0.4, -0.2) is 62.0 Å². The molecule has 0 aliphatic carbocycles. The van der Waals surface area contributed by atoms with Crippen LogP contribution < -0.4 is 9.47 Å². The van der Waals surface area contributed by atoms with E-state index in [1.54, 1.807) is 14.2 Å². The third-order valence-electron chi connectivity index (χ3n) is 4.22. The average Bonchev–Trinajstić information content (AvgIpc) is 2.59. The van der Waals surface area contributed by atoms with Gasteiger partial charge in [0.05, 0.1) is 14.2 Å². The van der Waals surface area contributed by atoms with Gasteiger partial charge in [-0.2, -0.15) is 0 Å². The van der Waals surface area contributed by atoms with Crippen molar-refractivity contribution in [2.24, 2.45) is 0 Å². The summed E-state index contributed by atoms with van der Waals surface area (Å²) in [5, 5.41) is 0. The Kier molecular flexibility index (Phi) is 5.91. The number of ether oxygens (including phenoxy) is 2. The van der Waals surface area contributed by atoms with Gasteiger partial charge in [0.15, 0.2) is 0 Å². The van der Waals surface area contributed by atoms with E-state index in [4.69, 9.17) is 21.1 Å². The summed E-state index contributed by atoms with van der Waals surface area (Å²) in [7, 11) is 3.31. The van der Waals surface area contributed by atoms with Gasteiger partial charge in [-0.3, -0.25) is 9.69 Å². The number of hydrogen-bond donors (Lipinski definition) is 0. The number of amides is 1. The lowest BCUT2D eigenvalue weighted by atomic mass is 10.0. The summed E-state index contributed by atoms with van der Waals surface area (Å²) >= 11 is 5.62. The molecule has 1 heterocycles. The number of carbonyl (C=O) groups excluding carboxylic acids is 1. The third-order valence-corrected chi connectivity index (χ3v) is 4.45. The summed E-state index contributed by atoms with van der Waals surface area (Å²) in [4.78, 5) is 15.8. The van der Waals surface area contributed by atoms with Crippen LogP contribution in [0.15, 0.2) is 18.2 Å². The molecule has 1 atom stereocenters. The molecule has 0 aromatic heterocycles. The van der Waals surface area contributed by atoms with Gasteiger partial charge in [0.25, 0.3) is 0 Å². The number of alkyl halides is 1. The van der Waals surface area contributed by atoms with E-state index in [2.05, 4.69) is 11.8 Å². The number of hydrogen-bond acceptors (Lipinski definition) is 4. The van der Waals surface area contributed by atoms with E-state index in [0.717, 1.165) is 30.2 Å². The molecule has 1 fully saturated rings. The lowest BCUT2D eigenvalue weighted by molar-refractivity contribution is -0.130. The van der Waals surface area contributed by atoms with E-state index in [-0.39, 0.29) is 17.8 Å². The normalized spacial score (nSPS) is 17.2. The highest BCUT2D eigenvalue weighted by Gasteiger charge is 2.25. The number of carbonyl (C=O) groups is 1. The maximum atomic E-state index is 11.6. The summed E-state index contributed by atoms with van der Waals surface area (Å²) in [6.07, 6.45) is 0. The number of halogens is 1. The van der Waals surface area contributed by atoms with Gasteiger partial charge < -0.3 is 14.4 Å². The highest BCUT2D eigenvalue weighted by atomic mass is 35.5. The Morgan fingerprint density at radius 1 is 1.23 bits per heavy atom. The maximum absolute atomic E-state index is 11.6. The molecule has 0 bridgehead atoms. The Labute approximate surface area is 136 Å². The fourth-order valence-corrected chi connectivity index (χ4v) is 2.97. The van der Waals surface area contributed by atoms with Crippen LogP contribution in [0.25, 0.3) is 0 Å². The molecule has 22 heavy (non-hydrogen) atoms. The summed E-state index contributed by atoms with van der Waals surface area (Å²) in [5.74, 6) is 1.68. The molecule has 6 heteroatoms. The fraction of sp³-hybridized carbons (Fsp3) is 0.562. The van der Waals surface area contributed by atoms with Crippen LogP contribution in [0.5, 0.6) is 11.5 Å². The minimum absolute atomic E-state index is 0.0102. The van der Waals surface area contributed by atoms with Gasteiger partial charge in [0, 0.05) is 43.9 Å². The molecular weight excluding hydrogens is 304 g/mol. The molecule has 1 amide bonds. The first kappa shape index (κ1) is 16.9. The Balaban J connectivity index is 2.06. The first-order valence-electron chi connectivity index (χ1n) is 7.40. The van der Waals surface area contributed by atoms with Crippen molar-refractivity contribution in [1.29, 1.82) is 0 Å². The topological polar surface area (TPSA) is 42.0 Å². The second kappa shape index (κ2) is 7.70. The lowest BCUT2D eigenvalue weighted by Crippen LogP contribution is -2.49. The largest absolute Gasteiger partial charge is 0.497 e. The van der Waals surface area contributed by atoms with Crippen LogP contribution in [0.2, 0.25) is 0 Å². The van der Waals surface area contributed by atoms with E-state index < -0.39 is 0 Å². The van der Waals surface area contributed by atoms with Gasteiger partial charge in [-0.15, -0.1) is 11.6 Å². The minimum atomic E-state index is 0.0102. The standard InChI is InChI=1S/C16H23ClN2O3/c1-12(14-5-4-13(21-2)10-15(14)22-3)18-6-8-19(9-7-18)16(20)11-17/h4-5,10,12H,6-9,11H2,1-3H3. The molecule has 1 unspecified atom stereocenters. The van der Waals surface area contributed by atoms with Crippen LogP contribution in [0.3, 0.4) is 0 Å². The lowest BCUT2D eigenvalue weighted by Gasteiger charge is -2.38. The number of benzene rings is 1.